The fourth-order valence-electron chi connectivity index (χ4n) is 2.95. The van der Waals surface area contributed by atoms with Gasteiger partial charge in [0.1, 0.15) is 0 Å². The van der Waals surface area contributed by atoms with Crippen molar-refractivity contribution < 1.29 is 9.92 Å². The second-order valence-electron chi connectivity index (χ2n) is 5.83. The summed E-state index contributed by atoms with van der Waals surface area (Å²) in [5, 5.41) is 11.2. The van der Waals surface area contributed by atoms with Crippen LogP contribution in [0.1, 0.15) is 11.1 Å². The van der Waals surface area contributed by atoms with Gasteiger partial charge in [0.05, 0.1) is 12.9 Å². The van der Waals surface area contributed by atoms with Gasteiger partial charge >= 0.3 is 0 Å². The highest BCUT2D eigenvalue weighted by Crippen LogP contribution is 2.38. The molecule has 26 heavy (non-hydrogen) atoms. The van der Waals surface area contributed by atoms with Crippen molar-refractivity contribution in [2.24, 2.45) is 0 Å². The Kier molecular flexibility index (Phi) is 5.58. The Morgan fingerprint density at radius 2 is 2.04 bits per heavy atom. The van der Waals surface area contributed by atoms with Gasteiger partial charge in [-0.15, -0.1) is 10.1 Å². The van der Waals surface area contributed by atoms with Gasteiger partial charge < -0.3 is 9.40 Å². The molecule has 0 saturated carbocycles. The number of rotatable bonds is 7. The van der Waals surface area contributed by atoms with Crippen molar-refractivity contribution in [2.45, 2.75) is 18.6 Å². The van der Waals surface area contributed by atoms with Crippen molar-refractivity contribution in [3.8, 4) is 0 Å². The summed E-state index contributed by atoms with van der Waals surface area (Å²) in [6, 6.07) is 14.6. The van der Waals surface area contributed by atoms with Crippen molar-refractivity contribution in [1.29, 1.82) is 0 Å². The largest absolute Gasteiger partial charge is 0.335 e. The first-order valence-corrected chi connectivity index (χ1v) is 8.94. The topological polar surface area (TPSA) is 70.2 Å². The molecule has 6 nitrogen and oxygen atoms in total. The van der Waals surface area contributed by atoms with Crippen LogP contribution in [0.4, 0.5) is 0 Å². The van der Waals surface area contributed by atoms with Crippen molar-refractivity contribution in [1.82, 2.24) is 9.55 Å². The summed E-state index contributed by atoms with van der Waals surface area (Å²) < 4.78 is 2.40. The maximum Gasteiger partial charge on any atom is 0.295 e. The Morgan fingerprint density at radius 3 is 2.65 bits per heavy atom. The zero-order chi connectivity index (χ0) is 18.6. The first kappa shape index (κ1) is 18.4. The molecule has 134 valence electrons. The molecule has 0 fully saturated rings. The Morgan fingerprint density at radius 1 is 1.27 bits per heavy atom. The number of imidazole rings is 1. The predicted molar refractivity (Wildman–Crippen MR) is 101 cm³/mol. The Labute approximate surface area is 163 Å². The number of halogens is 2. The first-order valence-electron chi connectivity index (χ1n) is 7.77. The van der Waals surface area contributed by atoms with E-state index in [0.717, 1.165) is 5.56 Å². The molecule has 0 N–H and O–H groups in total. The normalized spacial score (nSPS) is 13.2. The van der Waals surface area contributed by atoms with E-state index in [1.54, 1.807) is 41.5 Å². The smallest absolute Gasteiger partial charge is 0.295 e. The molecule has 0 amide bonds. The van der Waals surface area contributed by atoms with Crippen LogP contribution in [0.15, 0.2) is 71.7 Å². The molecule has 8 heteroatoms. The molecule has 0 spiro atoms. The van der Waals surface area contributed by atoms with Crippen molar-refractivity contribution in [3.63, 3.8) is 0 Å². The standard InChI is InChI=1S/C18H15BrClN3O3/c19-17-10-15(20)6-7-16(17)18(26-23(24)25,12-22-9-8-21-13-22)11-14-4-2-1-3-5-14/h1-10,13H,11-12H2. The number of benzene rings is 2. The molecule has 0 aliphatic heterocycles. The third-order valence-corrected chi connectivity index (χ3v) is 4.89. The maximum absolute atomic E-state index is 11.4. The molecule has 0 bridgehead atoms. The summed E-state index contributed by atoms with van der Waals surface area (Å²) in [6.07, 6.45) is 5.27. The highest BCUT2D eigenvalue weighted by atomic mass is 79.9. The lowest BCUT2D eigenvalue weighted by molar-refractivity contribution is -0.785. The summed E-state index contributed by atoms with van der Waals surface area (Å²) in [7, 11) is 0. The van der Waals surface area contributed by atoms with Crippen LogP contribution in [0.25, 0.3) is 0 Å². The number of aromatic nitrogens is 2. The van der Waals surface area contributed by atoms with Gasteiger partial charge in [0.15, 0.2) is 5.60 Å². The van der Waals surface area contributed by atoms with E-state index in [4.69, 9.17) is 16.4 Å². The molecule has 0 aliphatic carbocycles. The fraction of sp³-hybridized carbons (Fsp3) is 0.167. The van der Waals surface area contributed by atoms with Crippen LogP contribution in [-0.4, -0.2) is 14.6 Å². The van der Waals surface area contributed by atoms with Gasteiger partial charge in [-0.1, -0.05) is 63.9 Å². The molecule has 3 rings (SSSR count). The number of hydrogen-bond donors (Lipinski definition) is 0. The molecule has 1 unspecified atom stereocenters. The minimum Gasteiger partial charge on any atom is -0.335 e. The van der Waals surface area contributed by atoms with Gasteiger partial charge in [-0.25, -0.2) is 4.98 Å². The molecule has 1 atom stereocenters. The predicted octanol–water partition coefficient (Wildman–Crippen LogP) is 4.65. The van der Waals surface area contributed by atoms with Crippen LogP contribution in [0.5, 0.6) is 0 Å². The van der Waals surface area contributed by atoms with Gasteiger partial charge in [0, 0.05) is 33.9 Å². The fourth-order valence-corrected chi connectivity index (χ4v) is 3.99. The first-order chi connectivity index (χ1) is 12.5. The average Bonchev–Trinajstić information content (AvgIpc) is 3.07. The van der Waals surface area contributed by atoms with Crippen molar-refractivity contribution in [2.75, 3.05) is 0 Å². The summed E-state index contributed by atoms with van der Waals surface area (Å²) in [6.45, 7) is 0.211. The summed E-state index contributed by atoms with van der Waals surface area (Å²) in [5.74, 6) is 0. The van der Waals surface area contributed by atoms with Crippen LogP contribution >= 0.6 is 27.5 Å². The van der Waals surface area contributed by atoms with Crippen LogP contribution in [-0.2, 0) is 23.4 Å². The molecular weight excluding hydrogens is 422 g/mol. The molecule has 1 heterocycles. The summed E-state index contributed by atoms with van der Waals surface area (Å²) >= 11 is 9.53. The van der Waals surface area contributed by atoms with E-state index in [1.807, 2.05) is 30.3 Å². The highest BCUT2D eigenvalue weighted by molar-refractivity contribution is 9.10. The van der Waals surface area contributed by atoms with Crippen LogP contribution in [0, 0.1) is 10.1 Å². The van der Waals surface area contributed by atoms with Crippen LogP contribution in [0.2, 0.25) is 5.02 Å². The highest BCUT2D eigenvalue weighted by Gasteiger charge is 2.39. The SMILES string of the molecule is O=[N+]([O-])OC(Cc1ccccc1)(Cn1ccnc1)c1ccc(Cl)cc1Br. The molecule has 0 radical (unpaired) electrons. The minimum atomic E-state index is -1.25. The number of nitrogens with zero attached hydrogens (tertiary/aromatic N) is 3. The third kappa shape index (κ3) is 4.23. The van der Waals surface area contributed by atoms with Gasteiger partial charge in [0.2, 0.25) is 0 Å². The minimum absolute atomic E-state index is 0.211. The molecule has 0 aliphatic rings. The lowest BCUT2D eigenvalue weighted by Crippen LogP contribution is -2.39. The third-order valence-electron chi connectivity index (χ3n) is 4.00. The summed E-state index contributed by atoms with van der Waals surface area (Å²) in [4.78, 5) is 20.8. The van der Waals surface area contributed by atoms with Crippen molar-refractivity contribution >= 4 is 27.5 Å². The second kappa shape index (κ2) is 7.88. The Balaban J connectivity index is 2.14. The van der Waals surface area contributed by atoms with Crippen LogP contribution < -0.4 is 0 Å². The zero-order valence-electron chi connectivity index (χ0n) is 13.6. The lowest BCUT2D eigenvalue weighted by Gasteiger charge is -2.33. The molecular formula is C18H15BrClN3O3. The van der Waals surface area contributed by atoms with Gasteiger partial charge in [-0.3, -0.25) is 0 Å². The Bertz CT molecular complexity index is 890. The number of hydrogen-bond acceptors (Lipinski definition) is 4. The zero-order valence-corrected chi connectivity index (χ0v) is 15.9. The van der Waals surface area contributed by atoms with E-state index in [-0.39, 0.29) is 6.54 Å². The quantitative estimate of drug-likeness (QED) is 0.399. The molecule has 1 aromatic heterocycles. The van der Waals surface area contributed by atoms with E-state index in [2.05, 4.69) is 20.9 Å². The van der Waals surface area contributed by atoms with E-state index >= 15 is 0 Å². The van der Waals surface area contributed by atoms with Crippen molar-refractivity contribution in [3.05, 3.63) is 98.0 Å². The molecule has 3 aromatic rings. The molecule has 2 aromatic carbocycles. The van der Waals surface area contributed by atoms with Gasteiger partial charge in [-0.05, 0) is 17.7 Å². The van der Waals surface area contributed by atoms with E-state index in [1.165, 1.54) is 0 Å². The van der Waals surface area contributed by atoms with E-state index in [0.29, 0.717) is 21.5 Å². The lowest BCUT2D eigenvalue weighted by atomic mass is 9.86. The van der Waals surface area contributed by atoms with Gasteiger partial charge in [-0.2, -0.15) is 0 Å². The second-order valence-corrected chi connectivity index (χ2v) is 7.12. The van der Waals surface area contributed by atoms with E-state index < -0.39 is 10.7 Å². The molecule has 0 saturated heterocycles. The van der Waals surface area contributed by atoms with E-state index in [9.17, 15) is 10.1 Å². The summed E-state index contributed by atoms with van der Waals surface area (Å²) in [5.41, 5.74) is 0.294. The maximum atomic E-state index is 11.4. The average molecular weight is 437 g/mol. The van der Waals surface area contributed by atoms with Crippen LogP contribution in [0.3, 0.4) is 0 Å². The van der Waals surface area contributed by atoms with Gasteiger partial charge in [0.25, 0.3) is 5.09 Å². The Hall–Kier alpha value is -2.38. The monoisotopic (exact) mass is 435 g/mol.